The largest absolute Gasteiger partial charge is 0.378 e. The highest BCUT2D eigenvalue weighted by Crippen LogP contribution is 2.24. The Morgan fingerprint density at radius 2 is 2.42 bits per heavy atom. The second-order valence-electron chi connectivity index (χ2n) is 3.63. The molecule has 1 aliphatic heterocycles. The van der Waals surface area contributed by atoms with E-state index < -0.39 is 0 Å². The fourth-order valence-electron chi connectivity index (χ4n) is 1.76. The Morgan fingerprint density at radius 3 is 2.75 bits per heavy atom. The molecule has 1 rings (SSSR count). The van der Waals surface area contributed by atoms with E-state index in [0.717, 1.165) is 18.6 Å². The first-order valence-electron chi connectivity index (χ1n) is 4.38. The molecule has 0 aromatic rings. The predicted molar refractivity (Wildman–Crippen MR) is 49.4 cm³/mol. The van der Waals surface area contributed by atoms with Crippen LogP contribution in [0.1, 0.15) is 20.3 Å². The van der Waals surface area contributed by atoms with Gasteiger partial charge in [0.15, 0.2) is 0 Å². The zero-order valence-corrected chi connectivity index (χ0v) is 7.84. The summed E-state index contributed by atoms with van der Waals surface area (Å²) in [5, 5.41) is 0. The standard InChI is InChI=1S/C9H18N2O/c1-6(2)9(11-10)8-4-7(3)12-5-8/h7-9,11H,1,4-5,10H2,2-3H3. The van der Waals surface area contributed by atoms with Crippen molar-refractivity contribution in [2.75, 3.05) is 6.61 Å². The quantitative estimate of drug-likeness (QED) is 0.374. The van der Waals surface area contributed by atoms with Crippen LogP contribution in [-0.2, 0) is 4.74 Å². The van der Waals surface area contributed by atoms with Gasteiger partial charge in [0.1, 0.15) is 0 Å². The molecule has 0 aliphatic carbocycles. The minimum Gasteiger partial charge on any atom is -0.378 e. The summed E-state index contributed by atoms with van der Waals surface area (Å²) in [4.78, 5) is 0. The third-order valence-electron chi connectivity index (χ3n) is 2.41. The second-order valence-corrected chi connectivity index (χ2v) is 3.63. The molecule has 1 fully saturated rings. The SMILES string of the molecule is C=C(C)C(NN)C1COC(C)C1. The average molecular weight is 170 g/mol. The van der Waals surface area contributed by atoms with E-state index in [1.165, 1.54) is 0 Å². The molecule has 0 spiro atoms. The third kappa shape index (κ3) is 2.06. The van der Waals surface area contributed by atoms with Crippen LogP contribution in [0.2, 0.25) is 0 Å². The topological polar surface area (TPSA) is 47.3 Å². The van der Waals surface area contributed by atoms with Gasteiger partial charge in [0.2, 0.25) is 0 Å². The Balaban J connectivity index is 2.49. The minimum absolute atomic E-state index is 0.204. The van der Waals surface area contributed by atoms with E-state index in [4.69, 9.17) is 10.6 Å². The third-order valence-corrected chi connectivity index (χ3v) is 2.41. The van der Waals surface area contributed by atoms with E-state index in [1.54, 1.807) is 0 Å². The molecule has 3 heteroatoms. The van der Waals surface area contributed by atoms with Gasteiger partial charge in [0.25, 0.3) is 0 Å². The summed E-state index contributed by atoms with van der Waals surface area (Å²) < 4.78 is 5.46. The van der Waals surface area contributed by atoms with Gasteiger partial charge in [-0.2, -0.15) is 0 Å². The normalized spacial score (nSPS) is 31.9. The van der Waals surface area contributed by atoms with Gasteiger partial charge in [-0.3, -0.25) is 11.3 Å². The van der Waals surface area contributed by atoms with Crippen molar-refractivity contribution >= 4 is 0 Å². The van der Waals surface area contributed by atoms with E-state index in [9.17, 15) is 0 Å². The zero-order valence-electron chi connectivity index (χ0n) is 7.84. The van der Waals surface area contributed by atoms with Gasteiger partial charge in [-0.1, -0.05) is 12.2 Å². The summed E-state index contributed by atoms with van der Waals surface area (Å²) in [6.45, 7) is 8.78. The van der Waals surface area contributed by atoms with Crippen molar-refractivity contribution in [1.82, 2.24) is 5.43 Å². The van der Waals surface area contributed by atoms with Gasteiger partial charge in [-0.25, -0.2) is 0 Å². The molecule has 0 aromatic carbocycles. The Labute approximate surface area is 73.9 Å². The predicted octanol–water partition coefficient (Wildman–Crippen LogP) is 0.819. The molecule has 1 aliphatic rings. The van der Waals surface area contributed by atoms with Crippen molar-refractivity contribution in [2.45, 2.75) is 32.4 Å². The van der Waals surface area contributed by atoms with E-state index >= 15 is 0 Å². The van der Waals surface area contributed by atoms with E-state index in [1.807, 2.05) is 6.92 Å². The molecule has 1 saturated heterocycles. The molecular weight excluding hydrogens is 152 g/mol. The number of rotatable bonds is 3. The molecular formula is C9H18N2O. The molecule has 70 valence electrons. The Morgan fingerprint density at radius 1 is 1.75 bits per heavy atom. The summed E-state index contributed by atoms with van der Waals surface area (Å²) >= 11 is 0. The van der Waals surface area contributed by atoms with Crippen LogP contribution < -0.4 is 11.3 Å². The molecule has 0 radical (unpaired) electrons. The van der Waals surface area contributed by atoms with Crippen LogP contribution in [0.15, 0.2) is 12.2 Å². The molecule has 3 unspecified atom stereocenters. The molecule has 1 heterocycles. The molecule has 0 bridgehead atoms. The second kappa shape index (κ2) is 4.03. The van der Waals surface area contributed by atoms with Crippen LogP contribution in [0.4, 0.5) is 0 Å². The molecule has 0 amide bonds. The fourth-order valence-corrected chi connectivity index (χ4v) is 1.76. The number of nitrogens with two attached hydrogens (primary N) is 1. The van der Waals surface area contributed by atoms with E-state index in [-0.39, 0.29) is 6.04 Å². The van der Waals surface area contributed by atoms with Crippen molar-refractivity contribution in [1.29, 1.82) is 0 Å². The van der Waals surface area contributed by atoms with Crippen molar-refractivity contribution in [3.8, 4) is 0 Å². The van der Waals surface area contributed by atoms with Crippen LogP contribution in [0.25, 0.3) is 0 Å². The molecule has 3 atom stereocenters. The first-order chi connectivity index (χ1) is 5.65. The lowest BCUT2D eigenvalue weighted by molar-refractivity contribution is 0.118. The first-order valence-corrected chi connectivity index (χ1v) is 4.38. The average Bonchev–Trinajstić information content (AvgIpc) is 2.37. The van der Waals surface area contributed by atoms with Crippen molar-refractivity contribution in [3.63, 3.8) is 0 Å². The van der Waals surface area contributed by atoms with Gasteiger partial charge in [-0.05, 0) is 20.3 Å². The van der Waals surface area contributed by atoms with Crippen LogP contribution in [0.5, 0.6) is 0 Å². The van der Waals surface area contributed by atoms with Gasteiger partial charge in [-0.15, -0.1) is 0 Å². The van der Waals surface area contributed by atoms with E-state index in [0.29, 0.717) is 12.0 Å². The summed E-state index contributed by atoms with van der Waals surface area (Å²) in [5.41, 5.74) is 3.87. The first kappa shape index (κ1) is 9.71. The lowest BCUT2D eigenvalue weighted by atomic mass is 9.93. The zero-order chi connectivity index (χ0) is 9.14. The van der Waals surface area contributed by atoms with Crippen molar-refractivity contribution in [3.05, 3.63) is 12.2 Å². The summed E-state index contributed by atoms with van der Waals surface area (Å²) in [6.07, 6.45) is 1.44. The Kier molecular flexibility index (Phi) is 3.26. The molecule has 3 nitrogen and oxygen atoms in total. The van der Waals surface area contributed by atoms with Crippen LogP contribution >= 0.6 is 0 Å². The molecule has 0 saturated carbocycles. The summed E-state index contributed by atoms with van der Waals surface area (Å²) in [7, 11) is 0. The Hall–Kier alpha value is -0.380. The van der Waals surface area contributed by atoms with Gasteiger partial charge < -0.3 is 4.74 Å². The van der Waals surface area contributed by atoms with Crippen LogP contribution in [0, 0.1) is 5.92 Å². The number of hydrogen-bond donors (Lipinski definition) is 2. The van der Waals surface area contributed by atoms with Crippen molar-refractivity contribution in [2.24, 2.45) is 11.8 Å². The fraction of sp³-hybridized carbons (Fsp3) is 0.778. The number of hydrogen-bond acceptors (Lipinski definition) is 3. The maximum Gasteiger partial charge on any atom is 0.0551 e. The molecule has 12 heavy (non-hydrogen) atoms. The van der Waals surface area contributed by atoms with Gasteiger partial charge in [0.05, 0.1) is 12.7 Å². The number of ether oxygens (including phenoxy) is 1. The lowest BCUT2D eigenvalue weighted by Crippen LogP contribution is -2.41. The van der Waals surface area contributed by atoms with Gasteiger partial charge >= 0.3 is 0 Å². The highest BCUT2D eigenvalue weighted by Gasteiger charge is 2.29. The van der Waals surface area contributed by atoms with Crippen molar-refractivity contribution < 1.29 is 4.74 Å². The summed E-state index contributed by atoms with van der Waals surface area (Å²) in [5.74, 6) is 5.92. The lowest BCUT2D eigenvalue weighted by Gasteiger charge is -2.21. The van der Waals surface area contributed by atoms with Gasteiger partial charge in [0, 0.05) is 12.0 Å². The number of nitrogens with one attached hydrogen (secondary N) is 1. The smallest absolute Gasteiger partial charge is 0.0551 e. The minimum atomic E-state index is 0.204. The summed E-state index contributed by atoms with van der Waals surface area (Å²) in [6, 6.07) is 0.204. The van der Waals surface area contributed by atoms with Crippen LogP contribution in [-0.4, -0.2) is 18.8 Å². The molecule has 3 N–H and O–H groups in total. The van der Waals surface area contributed by atoms with E-state index in [2.05, 4.69) is 18.9 Å². The maximum absolute atomic E-state index is 5.46. The highest BCUT2D eigenvalue weighted by molar-refractivity contribution is 5.04. The monoisotopic (exact) mass is 170 g/mol. The molecule has 0 aromatic heterocycles. The highest BCUT2D eigenvalue weighted by atomic mass is 16.5. The maximum atomic E-state index is 5.46. The number of hydrazine groups is 1. The Bertz CT molecular complexity index is 170. The van der Waals surface area contributed by atoms with Crippen LogP contribution in [0.3, 0.4) is 0 Å².